The molecule has 12 heteroatoms. The molecule has 12 nitrogen and oxygen atoms in total. The minimum atomic E-state index is -0.707. The van der Waals surface area contributed by atoms with Gasteiger partial charge in [-0.15, -0.1) is 0 Å². The minimum absolute atomic E-state index is 0.0848. The SMILES string of the molecule is COC(=O)C1=C(C)NC(C)=C(c2nc(CN3CCN(c4ccccc4OC)CC3)no2)C1c1cccc([N+](=O)[O-])c1. The molecule has 2 aliphatic heterocycles. The number of benzene rings is 2. The van der Waals surface area contributed by atoms with Crippen molar-refractivity contribution in [2.75, 3.05) is 45.3 Å². The van der Waals surface area contributed by atoms with Crippen LogP contribution in [0.15, 0.2) is 70.0 Å². The maximum atomic E-state index is 12.9. The Kier molecular flexibility index (Phi) is 8.02. The zero-order chi connectivity index (χ0) is 29.1. The highest BCUT2D eigenvalue weighted by Crippen LogP contribution is 2.44. The molecule has 0 aliphatic carbocycles. The third-order valence-electron chi connectivity index (χ3n) is 7.44. The third kappa shape index (κ3) is 5.64. The summed E-state index contributed by atoms with van der Waals surface area (Å²) in [6.07, 6.45) is 0. The third-order valence-corrected chi connectivity index (χ3v) is 7.44. The molecule has 0 amide bonds. The lowest BCUT2D eigenvalue weighted by Gasteiger charge is -2.36. The summed E-state index contributed by atoms with van der Waals surface area (Å²) in [4.78, 5) is 33.3. The highest BCUT2D eigenvalue weighted by Gasteiger charge is 2.37. The quantitative estimate of drug-likeness (QED) is 0.244. The number of aromatic nitrogens is 2. The van der Waals surface area contributed by atoms with Crippen LogP contribution in [-0.4, -0.2) is 66.3 Å². The van der Waals surface area contributed by atoms with Crippen LogP contribution in [0.5, 0.6) is 5.75 Å². The first-order valence-electron chi connectivity index (χ1n) is 13.2. The Bertz CT molecular complexity index is 1520. The number of ether oxygens (including phenoxy) is 2. The van der Waals surface area contributed by atoms with E-state index in [9.17, 15) is 14.9 Å². The van der Waals surface area contributed by atoms with E-state index in [0.29, 0.717) is 40.5 Å². The summed E-state index contributed by atoms with van der Waals surface area (Å²) in [6, 6.07) is 14.2. The van der Waals surface area contributed by atoms with E-state index in [1.807, 2.05) is 25.1 Å². The molecule has 1 aromatic heterocycles. The zero-order valence-electron chi connectivity index (χ0n) is 23.4. The van der Waals surface area contributed by atoms with E-state index >= 15 is 0 Å². The topological polar surface area (TPSA) is 136 Å². The lowest BCUT2D eigenvalue weighted by molar-refractivity contribution is -0.384. The van der Waals surface area contributed by atoms with Gasteiger partial charge in [-0.3, -0.25) is 15.0 Å². The molecule has 2 aromatic carbocycles. The standard InChI is InChI=1S/C29H32N6O6/c1-18-25(27(26(19(2)30-18)29(36)40-4)20-8-7-9-21(16-20)35(37)38)28-31-24(32-41-28)17-33-12-14-34(15-13-33)22-10-5-6-11-23(22)39-3/h5-11,16,27,30H,12-15,17H2,1-4H3. The van der Waals surface area contributed by atoms with Crippen molar-refractivity contribution in [3.63, 3.8) is 0 Å². The Morgan fingerprint density at radius 3 is 2.56 bits per heavy atom. The molecule has 0 spiro atoms. The number of para-hydroxylation sites is 2. The van der Waals surface area contributed by atoms with Crippen LogP contribution in [-0.2, 0) is 16.1 Å². The molecule has 41 heavy (non-hydrogen) atoms. The number of nitro groups is 1. The van der Waals surface area contributed by atoms with Gasteiger partial charge >= 0.3 is 5.97 Å². The summed E-state index contributed by atoms with van der Waals surface area (Å²) in [5.74, 6) is 0.339. The first-order valence-corrected chi connectivity index (χ1v) is 13.2. The first-order chi connectivity index (χ1) is 19.8. The number of hydrogen-bond donors (Lipinski definition) is 1. The molecule has 0 bridgehead atoms. The monoisotopic (exact) mass is 560 g/mol. The number of carbonyl (C=O) groups is 1. The van der Waals surface area contributed by atoms with Gasteiger partial charge in [0.15, 0.2) is 5.82 Å². The number of non-ortho nitro benzene ring substituents is 1. The molecule has 3 aromatic rings. The Hall–Kier alpha value is -4.71. The summed E-state index contributed by atoms with van der Waals surface area (Å²) in [6.45, 7) is 7.34. The second kappa shape index (κ2) is 11.8. The summed E-state index contributed by atoms with van der Waals surface area (Å²) >= 11 is 0. The van der Waals surface area contributed by atoms with Crippen LogP contribution >= 0.6 is 0 Å². The van der Waals surface area contributed by atoms with Gasteiger partial charge in [-0.1, -0.05) is 29.4 Å². The molecule has 5 rings (SSSR count). The Morgan fingerprint density at radius 1 is 1.10 bits per heavy atom. The molecule has 3 heterocycles. The van der Waals surface area contributed by atoms with Crippen molar-refractivity contribution < 1.29 is 23.7 Å². The number of allylic oxidation sites excluding steroid dienone is 3. The Labute approximate surface area is 237 Å². The second-order valence-corrected chi connectivity index (χ2v) is 9.93. The number of anilines is 1. The van der Waals surface area contributed by atoms with Gasteiger partial charge in [0.1, 0.15) is 5.75 Å². The van der Waals surface area contributed by atoms with Gasteiger partial charge in [0.25, 0.3) is 11.6 Å². The van der Waals surface area contributed by atoms with Gasteiger partial charge in [0, 0.05) is 55.3 Å². The normalized spacial score (nSPS) is 17.9. The van der Waals surface area contributed by atoms with Crippen molar-refractivity contribution in [3.8, 4) is 5.75 Å². The molecule has 1 unspecified atom stereocenters. The Balaban J connectivity index is 1.39. The smallest absolute Gasteiger partial charge is 0.336 e. The van der Waals surface area contributed by atoms with Gasteiger partial charge in [-0.2, -0.15) is 4.98 Å². The molecule has 214 valence electrons. The summed E-state index contributed by atoms with van der Waals surface area (Å²) in [5.41, 5.74) is 3.70. The van der Waals surface area contributed by atoms with Crippen molar-refractivity contribution >= 4 is 22.9 Å². The molecule has 2 aliphatic rings. The van der Waals surface area contributed by atoms with Crippen LogP contribution in [0.3, 0.4) is 0 Å². The van der Waals surface area contributed by atoms with E-state index in [-0.39, 0.29) is 11.6 Å². The van der Waals surface area contributed by atoms with E-state index in [2.05, 4.69) is 26.3 Å². The van der Waals surface area contributed by atoms with Gasteiger partial charge in [0.05, 0.1) is 42.9 Å². The predicted molar refractivity (Wildman–Crippen MR) is 151 cm³/mol. The molecule has 0 radical (unpaired) electrons. The summed E-state index contributed by atoms with van der Waals surface area (Å²) in [7, 11) is 2.98. The zero-order valence-corrected chi connectivity index (χ0v) is 23.4. The number of esters is 1. The van der Waals surface area contributed by atoms with Gasteiger partial charge < -0.3 is 24.2 Å². The molecule has 1 fully saturated rings. The van der Waals surface area contributed by atoms with Crippen molar-refractivity contribution in [3.05, 3.63) is 92.9 Å². The summed E-state index contributed by atoms with van der Waals surface area (Å²) in [5, 5.41) is 19.0. The lowest BCUT2D eigenvalue weighted by Crippen LogP contribution is -2.46. The van der Waals surface area contributed by atoms with Crippen molar-refractivity contribution in [1.29, 1.82) is 0 Å². The lowest BCUT2D eigenvalue weighted by atomic mass is 9.80. The number of rotatable bonds is 8. The highest BCUT2D eigenvalue weighted by molar-refractivity contribution is 5.96. The fourth-order valence-corrected chi connectivity index (χ4v) is 5.47. The fraction of sp³-hybridized carbons (Fsp3) is 0.345. The van der Waals surface area contributed by atoms with Gasteiger partial charge in [-0.05, 0) is 31.5 Å². The van der Waals surface area contributed by atoms with Crippen molar-refractivity contribution in [2.24, 2.45) is 0 Å². The fourth-order valence-electron chi connectivity index (χ4n) is 5.47. The molecular formula is C29H32N6O6. The highest BCUT2D eigenvalue weighted by atomic mass is 16.6. The Morgan fingerprint density at radius 2 is 1.85 bits per heavy atom. The number of nitro benzene ring substituents is 1. The molecule has 1 N–H and O–H groups in total. The van der Waals surface area contributed by atoms with Crippen LogP contribution in [0, 0.1) is 10.1 Å². The van der Waals surface area contributed by atoms with Crippen LogP contribution in [0.1, 0.15) is 37.0 Å². The average Bonchev–Trinajstić information content (AvgIpc) is 3.44. The molecule has 1 saturated heterocycles. The number of dihydropyridines is 1. The van der Waals surface area contributed by atoms with Crippen molar-refractivity contribution in [2.45, 2.75) is 26.3 Å². The largest absolute Gasteiger partial charge is 0.495 e. The number of hydrogen-bond acceptors (Lipinski definition) is 11. The van der Waals surface area contributed by atoms with Crippen LogP contribution in [0.4, 0.5) is 11.4 Å². The first kappa shape index (κ1) is 27.8. The predicted octanol–water partition coefficient (Wildman–Crippen LogP) is 3.87. The van der Waals surface area contributed by atoms with E-state index in [1.165, 1.54) is 19.2 Å². The van der Waals surface area contributed by atoms with Gasteiger partial charge in [0.2, 0.25) is 0 Å². The number of methoxy groups -OCH3 is 2. The average molecular weight is 561 g/mol. The van der Waals surface area contributed by atoms with Crippen LogP contribution < -0.4 is 15.0 Å². The van der Waals surface area contributed by atoms with Crippen LogP contribution in [0.2, 0.25) is 0 Å². The van der Waals surface area contributed by atoms with Gasteiger partial charge in [-0.25, -0.2) is 4.79 Å². The van der Waals surface area contributed by atoms with E-state index in [1.54, 1.807) is 26.2 Å². The number of nitrogens with zero attached hydrogens (tertiary/aromatic N) is 5. The van der Waals surface area contributed by atoms with E-state index < -0.39 is 16.8 Å². The molecular weight excluding hydrogens is 528 g/mol. The van der Waals surface area contributed by atoms with Crippen LogP contribution in [0.25, 0.3) is 5.57 Å². The summed E-state index contributed by atoms with van der Waals surface area (Å²) < 4.78 is 16.4. The van der Waals surface area contributed by atoms with E-state index in [4.69, 9.17) is 19.0 Å². The maximum absolute atomic E-state index is 12.9. The van der Waals surface area contributed by atoms with E-state index in [0.717, 1.165) is 37.6 Å². The number of nitrogens with one attached hydrogen (secondary N) is 1. The minimum Gasteiger partial charge on any atom is -0.495 e. The maximum Gasteiger partial charge on any atom is 0.336 e. The molecule has 1 atom stereocenters. The number of piperazine rings is 1. The number of carbonyl (C=O) groups excluding carboxylic acids is 1. The molecule has 0 saturated carbocycles. The van der Waals surface area contributed by atoms with Crippen molar-refractivity contribution in [1.82, 2.24) is 20.4 Å². The second-order valence-electron chi connectivity index (χ2n) is 9.93.